The van der Waals surface area contributed by atoms with Crippen molar-refractivity contribution >= 4 is 5.97 Å². The molecule has 158 valence electrons. The van der Waals surface area contributed by atoms with Gasteiger partial charge in [-0.05, 0) is 25.7 Å². The van der Waals surface area contributed by atoms with E-state index in [0.717, 1.165) is 25.7 Å². The molecule has 27 heavy (non-hydrogen) atoms. The van der Waals surface area contributed by atoms with Crippen molar-refractivity contribution in [1.29, 1.82) is 0 Å². The summed E-state index contributed by atoms with van der Waals surface area (Å²) < 4.78 is 0. The Hall–Kier alpha value is 0.390. The average molecular weight is 397 g/mol. The quantitative estimate of drug-likeness (QED) is 0.257. The van der Waals surface area contributed by atoms with Crippen LogP contribution in [0.1, 0.15) is 122 Å². The van der Waals surface area contributed by atoms with E-state index >= 15 is 0 Å². The monoisotopic (exact) mass is 396 g/mol. The average Bonchev–Trinajstić information content (AvgIpc) is 2.63. The minimum Gasteiger partial charge on any atom is -0.550 e. The van der Waals surface area contributed by atoms with E-state index in [0.29, 0.717) is 0 Å². The molecule has 0 unspecified atom stereocenters. The molecular weight excluding hydrogens is 351 g/mol. The molecule has 2 N–H and O–H groups in total. The molecule has 0 aliphatic heterocycles. The number of unbranched alkanes of at least 4 members (excludes halogenated alkanes) is 15. The van der Waals surface area contributed by atoms with Crippen molar-refractivity contribution in [3.63, 3.8) is 0 Å². The van der Waals surface area contributed by atoms with E-state index in [4.69, 9.17) is 10.2 Å². The fraction of sp³-hybridized carbons (Fsp3) is 0.955. The fourth-order valence-corrected chi connectivity index (χ4v) is 2.86. The van der Waals surface area contributed by atoms with Crippen LogP contribution >= 0.6 is 0 Å². The van der Waals surface area contributed by atoms with Crippen molar-refractivity contribution in [2.45, 2.75) is 122 Å². The molecule has 0 aliphatic rings. The van der Waals surface area contributed by atoms with Gasteiger partial charge in [0.1, 0.15) is 0 Å². The Bertz CT molecular complexity index is 259. The Balaban J connectivity index is -0.000000709. The van der Waals surface area contributed by atoms with Crippen LogP contribution in [0.5, 0.6) is 0 Å². The van der Waals surface area contributed by atoms with Gasteiger partial charge in [-0.2, -0.15) is 0 Å². The van der Waals surface area contributed by atoms with Gasteiger partial charge in [0.05, 0.1) is 0 Å². The summed E-state index contributed by atoms with van der Waals surface area (Å²) in [6.45, 7) is 2.66. The third kappa shape index (κ3) is 37.8. The number of carboxylic acids is 1. The van der Waals surface area contributed by atoms with Crippen LogP contribution in [-0.4, -0.2) is 29.4 Å². The minimum atomic E-state index is -0.903. The molecule has 0 aromatic carbocycles. The number of hydrogen-bond acceptors (Lipinski definition) is 4. The Morgan fingerprint density at radius 3 is 1.15 bits per heavy atom. The molecule has 0 atom stereocenters. The van der Waals surface area contributed by atoms with Crippen LogP contribution in [0.25, 0.3) is 0 Å². The molecule has 0 spiro atoms. The Morgan fingerprint density at radius 2 is 0.889 bits per heavy atom. The first-order chi connectivity index (χ1) is 12.7. The van der Waals surface area contributed by atoms with Crippen LogP contribution in [-0.2, 0) is 4.79 Å². The molecule has 0 heterocycles. The summed E-state index contributed by atoms with van der Waals surface area (Å²) >= 11 is 0. The van der Waals surface area contributed by atoms with Crippen LogP contribution in [0.4, 0.5) is 0 Å². The molecule has 0 fully saturated rings. The number of aliphatic carboxylic acids is 1. The molecule has 0 rings (SSSR count). The summed E-state index contributed by atoms with van der Waals surface area (Å²) in [6.07, 6.45) is 21.3. The van der Waals surface area contributed by atoms with Crippen LogP contribution < -0.4 is 34.7 Å². The number of carbonyl (C=O) groups excluding carboxylic acids is 1. The number of hydrogen-bond donors (Lipinski definition) is 2. The van der Waals surface area contributed by atoms with Gasteiger partial charge >= 0.3 is 29.6 Å². The first-order valence-corrected chi connectivity index (χ1v) is 11.1. The topological polar surface area (TPSA) is 80.6 Å². The van der Waals surface area contributed by atoms with Gasteiger partial charge in [-0.15, -0.1) is 0 Å². The maximum atomic E-state index is 10.2. The maximum Gasteiger partial charge on any atom is 1.00 e. The molecule has 0 aliphatic carbocycles. The summed E-state index contributed by atoms with van der Waals surface area (Å²) in [5, 5.41) is 26.4. The number of aliphatic hydroxyl groups is 2. The van der Waals surface area contributed by atoms with Crippen molar-refractivity contribution in [3.05, 3.63) is 0 Å². The van der Waals surface area contributed by atoms with Gasteiger partial charge < -0.3 is 20.1 Å². The Morgan fingerprint density at radius 1 is 0.593 bits per heavy atom. The summed E-state index contributed by atoms with van der Waals surface area (Å²) in [4.78, 5) is 10.2. The zero-order valence-corrected chi connectivity index (χ0v) is 20.4. The standard InChI is InChI=1S/C18H36O2.C4H10O2.Na/c1-2-3-4-5-6-7-8-9-10-11-12-13-14-15-16-17-18(19)20;5-3-1-2-4-6;/h2-17H2,1H3,(H,19,20);5-6H,1-4H2;/q;;+1/p-1. The van der Waals surface area contributed by atoms with Crippen molar-refractivity contribution in [3.8, 4) is 0 Å². The second-order valence-electron chi connectivity index (χ2n) is 7.23. The Kier molecular flexibility index (Phi) is 36.9. The zero-order valence-electron chi connectivity index (χ0n) is 18.4. The van der Waals surface area contributed by atoms with E-state index in [-0.39, 0.29) is 49.2 Å². The second-order valence-corrected chi connectivity index (χ2v) is 7.23. The van der Waals surface area contributed by atoms with E-state index in [9.17, 15) is 9.90 Å². The van der Waals surface area contributed by atoms with Crippen molar-refractivity contribution < 1.29 is 49.7 Å². The van der Waals surface area contributed by atoms with Crippen LogP contribution in [0.2, 0.25) is 0 Å². The SMILES string of the molecule is CCCCCCCCCCCCCCCCCC(=O)[O-].OCCCCO.[Na+]. The molecule has 0 amide bonds. The summed E-state index contributed by atoms with van der Waals surface area (Å²) in [7, 11) is 0. The fourth-order valence-electron chi connectivity index (χ4n) is 2.86. The first-order valence-electron chi connectivity index (χ1n) is 11.1. The molecule has 4 nitrogen and oxygen atoms in total. The van der Waals surface area contributed by atoms with Gasteiger partial charge in [-0.3, -0.25) is 0 Å². The minimum absolute atomic E-state index is 0. The van der Waals surface area contributed by atoms with Gasteiger partial charge in [0.25, 0.3) is 0 Å². The predicted octanol–water partition coefficient (Wildman–Crippen LogP) is 1.75. The van der Waals surface area contributed by atoms with Crippen LogP contribution in [0, 0.1) is 0 Å². The molecule has 0 aromatic rings. The van der Waals surface area contributed by atoms with E-state index in [1.54, 1.807) is 0 Å². The van der Waals surface area contributed by atoms with Gasteiger partial charge in [-0.25, -0.2) is 0 Å². The van der Waals surface area contributed by atoms with Crippen LogP contribution in [0.15, 0.2) is 0 Å². The molecule has 0 saturated carbocycles. The van der Waals surface area contributed by atoms with Gasteiger partial charge in [-0.1, -0.05) is 96.8 Å². The molecule has 0 aromatic heterocycles. The first kappa shape index (κ1) is 32.1. The van der Waals surface area contributed by atoms with E-state index in [1.807, 2.05) is 0 Å². The number of rotatable bonds is 19. The molecule has 0 bridgehead atoms. The van der Waals surface area contributed by atoms with Gasteiger partial charge in [0.15, 0.2) is 0 Å². The smallest absolute Gasteiger partial charge is 0.550 e. The van der Waals surface area contributed by atoms with E-state index < -0.39 is 5.97 Å². The van der Waals surface area contributed by atoms with E-state index in [2.05, 4.69) is 6.92 Å². The zero-order chi connectivity index (χ0) is 19.7. The summed E-state index contributed by atoms with van der Waals surface area (Å²) in [5.74, 6) is -0.903. The molecule has 0 radical (unpaired) electrons. The van der Waals surface area contributed by atoms with Crippen molar-refractivity contribution in [2.24, 2.45) is 0 Å². The number of carboxylic acid groups (broad SMARTS) is 1. The normalized spacial score (nSPS) is 10.0. The predicted molar refractivity (Wildman–Crippen MR) is 108 cm³/mol. The Labute approximate surface area is 190 Å². The maximum absolute atomic E-state index is 10.2. The van der Waals surface area contributed by atoms with Crippen LogP contribution in [0.3, 0.4) is 0 Å². The molecule has 0 saturated heterocycles. The van der Waals surface area contributed by atoms with E-state index in [1.165, 1.54) is 83.5 Å². The van der Waals surface area contributed by atoms with Crippen molar-refractivity contribution in [1.82, 2.24) is 0 Å². The summed E-state index contributed by atoms with van der Waals surface area (Å²) in [5.41, 5.74) is 0. The molecular formula is C22H45NaO4. The largest absolute Gasteiger partial charge is 1.00 e. The molecule has 5 heteroatoms. The third-order valence-electron chi connectivity index (χ3n) is 4.55. The van der Waals surface area contributed by atoms with Gasteiger partial charge in [0, 0.05) is 19.2 Å². The number of carbonyl (C=O) groups is 1. The van der Waals surface area contributed by atoms with Crippen molar-refractivity contribution in [2.75, 3.05) is 13.2 Å². The summed E-state index contributed by atoms with van der Waals surface area (Å²) in [6, 6.07) is 0. The second kappa shape index (κ2) is 31.1. The number of aliphatic hydroxyl groups excluding tert-OH is 2. The third-order valence-corrected chi connectivity index (χ3v) is 4.55. The van der Waals surface area contributed by atoms with Gasteiger partial charge in [0.2, 0.25) is 0 Å².